The zero-order valence-corrected chi connectivity index (χ0v) is 16.3. The maximum Gasteiger partial charge on any atom is -0.0207 e. The first-order chi connectivity index (χ1) is 10.5. The normalized spacial score (nSPS) is 11.6. The lowest BCUT2D eigenvalue weighted by molar-refractivity contribution is 1.33. The van der Waals surface area contributed by atoms with Crippen molar-refractivity contribution in [2.75, 3.05) is 0 Å². The van der Waals surface area contributed by atoms with E-state index in [4.69, 9.17) is 0 Å². The monoisotopic (exact) mass is 302 g/mol. The average Bonchev–Trinajstić information content (AvgIpc) is 2.59. The standard InChI is InChI=1S/C11H16.C7H12.C2H6.C2H4/c1-6-9(4)11(8-3)10(5)7-2;1-4-6-7(3)5-2;2*1-2/h6-8H,1,3H2,2,4-5H3;4-6H,1-3H3;1-2H3;1-2H2/b10-7-,11-9+;6-4-,7-5-;;. The van der Waals surface area contributed by atoms with Gasteiger partial charge in [-0.3, -0.25) is 0 Å². The molecule has 126 valence electrons. The van der Waals surface area contributed by atoms with E-state index in [9.17, 15) is 0 Å². The molecule has 0 saturated heterocycles. The number of allylic oxidation sites excluding steroid dienone is 10. The Bertz CT molecular complexity index is 384. The molecule has 0 aromatic carbocycles. The van der Waals surface area contributed by atoms with Crippen LogP contribution >= 0.6 is 0 Å². The molecule has 22 heavy (non-hydrogen) atoms. The Morgan fingerprint density at radius 1 is 0.773 bits per heavy atom. The van der Waals surface area contributed by atoms with Crippen molar-refractivity contribution < 1.29 is 0 Å². The van der Waals surface area contributed by atoms with Crippen LogP contribution in [0.25, 0.3) is 0 Å². The Morgan fingerprint density at radius 2 is 1.23 bits per heavy atom. The zero-order chi connectivity index (χ0) is 18.6. The van der Waals surface area contributed by atoms with Crippen molar-refractivity contribution in [3.63, 3.8) is 0 Å². The minimum absolute atomic E-state index is 1.18. The van der Waals surface area contributed by atoms with Gasteiger partial charge in [-0.25, -0.2) is 0 Å². The minimum atomic E-state index is 1.18. The number of hydrogen-bond acceptors (Lipinski definition) is 0. The molecule has 0 fully saturated rings. The molecular formula is C22H38. The van der Waals surface area contributed by atoms with E-state index in [2.05, 4.69) is 58.4 Å². The number of rotatable bonds is 4. The molecule has 0 bridgehead atoms. The molecule has 0 aliphatic rings. The lowest BCUT2D eigenvalue weighted by atomic mass is 10.0. The predicted molar refractivity (Wildman–Crippen MR) is 109 cm³/mol. The fourth-order valence-electron chi connectivity index (χ4n) is 1.26. The summed E-state index contributed by atoms with van der Waals surface area (Å²) in [6.45, 7) is 29.7. The van der Waals surface area contributed by atoms with Crippen molar-refractivity contribution in [3.05, 3.63) is 85.1 Å². The van der Waals surface area contributed by atoms with Gasteiger partial charge in [0.15, 0.2) is 0 Å². The van der Waals surface area contributed by atoms with Crippen LogP contribution in [0.5, 0.6) is 0 Å². The smallest absolute Gasteiger partial charge is 0.0207 e. The summed E-state index contributed by atoms with van der Waals surface area (Å²) in [5.41, 5.74) is 4.93. The van der Waals surface area contributed by atoms with Gasteiger partial charge < -0.3 is 0 Å². The summed E-state index contributed by atoms with van der Waals surface area (Å²) in [5, 5.41) is 0. The van der Waals surface area contributed by atoms with Crippen LogP contribution in [0.3, 0.4) is 0 Å². The van der Waals surface area contributed by atoms with Gasteiger partial charge in [0, 0.05) is 0 Å². The molecule has 0 radical (unpaired) electrons. The molecule has 0 nitrogen and oxygen atoms in total. The Labute approximate surface area is 141 Å². The van der Waals surface area contributed by atoms with E-state index < -0.39 is 0 Å². The van der Waals surface area contributed by atoms with E-state index >= 15 is 0 Å². The van der Waals surface area contributed by atoms with Gasteiger partial charge in [-0.05, 0) is 58.3 Å². The molecule has 0 aliphatic carbocycles. The molecular weight excluding hydrogens is 264 g/mol. The average molecular weight is 303 g/mol. The quantitative estimate of drug-likeness (QED) is 0.364. The summed E-state index contributed by atoms with van der Waals surface area (Å²) < 4.78 is 0. The van der Waals surface area contributed by atoms with Crippen molar-refractivity contribution >= 4 is 0 Å². The van der Waals surface area contributed by atoms with Gasteiger partial charge in [-0.15, -0.1) is 13.2 Å². The van der Waals surface area contributed by atoms with Crippen LogP contribution < -0.4 is 0 Å². The topological polar surface area (TPSA) is 0 Å². The van der Waals surface area contributed by atoms with E-state index in [1.54, 1.807) is 0 Å². The Hall–Kier alpha value is -1.82. The first kappa shape index (κ1) is 28.4. The lowest BCUT2D eigenvalue weighted by Gasteiger charge is -2.03. The molecule has 0 atom stereocenters. The van der Waals surface area contributed by atoms with Crippen LogP contribution in [-0.4, -0.2) is 0 Å². The van der Waals surface area contributed by atoms with E-state index in [0.29, 0.717) is 0 Å². The van der Waals surface area contributed by atoms with Crippen LogP contribution in [0, 0.1) is 0 Å². The SMILES string of the molecule is C/C=C\C(C)=C/C.C=C.C=C/C(C)=C(C=C)/C(C)=C\C.CC. The lowest BCUT2D eigenvalue weighted by Crippen LogP contribution is -1.84. The molecule has 0 aromatic heterocycles. The molecule has 0 aromatic rings. The third-order valence-corrected chi connectivity index (χ3v) is 2.68. The van der Waals surface area contributed by atoms with Gasteiger partial charge in [-0.1, -0.05) is 69.0 Å². The summed E-state index contributed by atoms with van der Waals surface area (Å²) in [7, 11) is 0. The van der Waals surface area contributed by atoms with E-state index in [0.717, 1.165) is 0 Å². The van der Waals surface area contributed by atoms with Gasteiger partial charge in [0.1, 0.15) is 0 Å². The summed E-state index contributed by atoms with van der Waals surface area (Å²) in [5.74, 6) is 0. The maximum atomic E-state index is 3.75. The Balaban J connectivity index is -0.000000127. The van der Waals surface area contributed by atoms with Gasteiger partial charge in [0.2, 0.25) is 0 Å². The summed E-state index contributed by atoms with van der Waals surface area (Å²) >= 11 is 0. The zero-order valence-electron chi connectivity index (χ0n) is 16.3. The largest absolute Gasteiger partial charge is 0.106 e. The molecule has 0 saturated carbocycles. The highest BCUT2D eigenvalue weighted by Crippen LogP contribution is 2.15. The van der Waals surface area contributed by atoms with Crippen LogP contribution in [-0.2, 0) is 0 Å². The Kier molecular flexibility index (Phi) is 31.2. The van der Waals surface area contributed by atoms with Crippen molar-refractivity contribution in [2.24, 2.45) is 0 Å². The first-order valence-electron chi connectivity index (χ1n) is 7.83. The second-order valence-electron chi connectivity index (χ2n) is 4.01. The second-order valence-corrected chi connectivity index (χ2v) is 4.01. The predicted octanol–water partition coefficient (Wildman–Crippen LogP) is 8.00. The summed E-state index contributed by atoms with van der Waals surface area (Å²) in [6, 6.07) is 0. The molecule has 0 unspecified atom stereocenters. The first-order valence-corrected chi connectivity index (χ1v) is 7.83. The molecule has 0 spiro atoms. The molecule has 0 heteroatoms. The second kappa shape index (κ2) is 24.2. The van der Waals surface area contributed by atoms with E-state index in [1.807, 2.05) is 59.8 Å². The van der Waals surface area contributed by atoms with Crippen LogP contribution in [0.2, 0.25) is 0 Å². The number of hydrogen-bond donors (Lipinski definition) is 0. The van der Waals surface area contributed by atoms with Crippen LogP contribution in [0.15, 0.2) is 85.1 Å². The van der Waals surface area contributed by atoms with E-state index in [-0.39, 0.29) is 0 Å². The molecule has 0 N–H and O–H groups in total. The molecule has 0 heterocycles. The van der Waals surface area contributed by atoms with E-state index in [1.165, 1.54) is 22.3 Å². The summed E-state index contributed by atoms with van der Waals surface area (Å²) in [6.07, 6.45) is 12.0. The Morgan fingerprint density at radius 3 is 1.41 bits per heavy atom. The van der Waals surface area contributed by atoms with Crippen LogP contribution in [0.4, 0.5) is 0 Å². The van der Waals surface area contributed by atoms with Crippen LogP contribution in [0.1, 0.15) is 55.4 Å². The highest BCUT2D eigenvalue weighted by Gasteiger charge is 1.95. The van der Waals surface area contributed by atoms with Crippen molar-refractivity contribution in [3.8, 4) is 0 Å². The highest BCUT2D eigenvalue weighted by atomic mass is 14.0. The van der Waals surface area contributed by atoms with Gasteiger partial charge in [-0.2, -0.15) is 0 Å². The van der Waals surface area contributed by atoms with Crippen molar-refractivity contribution in [1.82, 2.24) is 0 Å². The summed E-state index contributed by atoms with van der Waals surface area (Å²) in [4.78, 5) is 0. The molecule has 0 rings (SSSR count). The minimum Gasteiger partial charge on any atom is -0.106 e. The van der Waals surface area contributed by atoms with Crippen molar-refractivity contribution in [1.29, 1.82) is 0 Å². The fraction of sp³-hybridized carbons (Fsp3) is 0.364. The van der Waals surface area contributed by atoms with Gasteiger partial charge in [0.05, 0.1) is 0 Å². The molecule has 0 aliphatic heterocycles. The van der Waals surface area contributed by atoms with Gasteiger partial charge >= 0.3 is 0 Å². The third kappa shape index (κ3) is 18.2. The fourth-order valence-corrected chi connectivity index (χ4v) is 1.26. The maximum absolute atomic E-state index is 3.75. The van der Waals surface area contributed by atoms with Gasteiger partial charge in [0.25, 0.3) is 0 Å². The molecule has 0 amide bonds. The van der Waals surface area contributed by atoms with Crippen molar-refractivity contribution in [2.45, 2.75) is 55.4 Å². The highest BCUT2D eigenvalue weighted by molar-refractivity contribution is 5.43. The third-order valence-electron chi connectivity index (χ3n) is 2.68.